The van der Waals surface area contributed by atoms with Crippen molar-refractivity contribution in [2.75, 3.05) is 0 Å². The van der Waals surface area contributed by atoms with E-state index in [0.29, 0.717) is 0 Å². The molecule has 1 atom stereocenters. The van der Waals surface area contributed by atoms with Crippen molar-refractivity contribution in [2.24, 2.45) is 7.05 Å². The van der Waals surface area contributed by atoms with Crippen LogP contribution in [-0.2, 0) is 7.05 Å². The normalized spacial score (nSPS) is 12.3. The number of carbonyl (C=O) groups is 1. The van der Waals surface area contributed by atoms with Crippen molar-refractivity contribution >= 4 is 29.1 Å². The highest BCUT2D eigenvalue weighted by Gasteiger charge is 2.21. The second-order valence-corrected chi connectivity index (χ2v) is 5.72. The summed E-state index contributed by atoms with van der Waals surface area (Å²) < 4.78 is 15.2. The van der Waals surface area contributed by atoms with E-state index in [4.69, 9.17) is 23.2 Å². The van der Waals surface area contributed by atoms with Gasteiger partial charge < -0.3 is 5.32 Å². The largest absolute Gasteiger partial charge is 0.345 e. The van der Waals surface area contributed by atoms with E-state index >= 15 is 0 Å². The van der Waals surface area contributed by atoms with Crippen molar-refractivity contribution in [3.05, 3.63) is 44.7 Å². The van der Waals surface area contributed by atoms with E-state index in [9.17, 15) is 9.18 Å². The van der Waals surface area contributed by atoms with Crippen LogP contribution in [0.15, 0.2) is 6.07 Å². The molecule has 0 saturated carbocycles. The van der Waals surface area contributed by atoms with Crippen LogP contribution in [0.2, 0.25) is 10.3 Å². The number of hydrogen-bond acceptors (Lipinski definition) is 3. The highest BCUT2D eigenvalue weighted by atomic mass is 35.5. The van der Waals surface area contributed by atoms with E-state index in [1.54, 1.807) is 4.68 Å². The lowest BCUT2D eigenvalue weighted by molar-refractivity contribution is 0.0939. The maximum absolute atomic E-state index is 13.5. The minimum Gasteiger partial charge on any atom is -0.345 e. The van der Waals surface area contributed by atoms with Gasteiger partial charge in [0.15, 0.2) is 11.0 Å². The van der Waals surface area contributed by atoms with Crippen molar-refractivity contribution in [2.45, 2.75) is 26.8 Å². The lowest BCUT2D eigenvalue weighted by Crippen LogP contribution is -2.28. The number of amides is 1. The van der Waals surface area contributed by atoms with Gasteiger partial charge >= 0.3 is 0 Å². The number of carbonyl (C=O) groups excluding carboxylic acids is 1. The van der Waals surface area contributed by atoms with Gasteiger partial charge in [0.2, 0.25) is 0 Å². The molecule has 2 rings (SSSR count). The molecule has 0 aliphatic heterocycles. The third kappa shape index (κ3) is 3.08. The molecular weight excluding hydrogens is 330 g/mol. The predicted octanol–water partition coefficient (Wildman–Crippen LogP) is 3.37. The minimum atomic E-state index is -0.794. The number of hydrogen-bond donors (Lipinski definition) is 1. The number of pyridine rings is 1. The quantitative estimate of drug-likeness (QED) is 0.868. The molecule has 0 bridgehead atoms. The SMILES string of the molecule is Cc1nn(C)c(C)c1C(C)NC(=O)c1cc(F)c(Cl)nc1Cl. The maximum atomic E-state index is 13.5. The predicted molar refractivity (Wildman–Crippen MR) is 82.8 cm³/mol. The van der Waals surface area contributed by atoms with Crippen LogP contribution < -0.4 is 5.32 Å². The zero-order chi connectivity index (χ0) is 16.6. The standard InChI is InChI=1S/C14H15Cl2FN4O/c1-6(11-7(2)20-21(4)8(11)3)18-14(22)9-5-10(17)13(16)19-12(9)15/h5-6H,1-4H3,(H,18,22). The molecule has 1 amide bonds. The Morgan fingerprint density at radius 1 is 1.36 bits per heavy atom. The summed E-state index contributed by atoms with van der Waals surface area (Å²) in [5.74, 6) is -1.32. The summed E-state index contributed by atoms with van der Waals surface area (Å²) >= 11 is 11.4. The molecule has 0 radical (unpaired) electrons. The molecule has 1 N–H and O–H groups in total. The summed E-state index contributed by atoms with van der Waals surface area (Å²) in [6, 6.07) is 0.666. The molecule has 8 heteroatoms. The lowest BCUT2D eigenvalue weighted by atomic mass is 10.1. The van der Waals surface area contributed by atoms with Crippen molar-refractivity contribution in [1.82, 2.24) is 20.1 Å². The molecule has 0 aliphatic carbocycles. The van der Waals surface area contributed by atoms with E-state index in [2.05, 4.69) is 15.4 Å². The molecule has 0 aliphatic rings. The van der Waals surface area contributed by atoms with Crippen molar-refractivity contribution in [3.8, 4) is 0 Å². The van der Waals surface area contributed by atoms with Crippen LogP contribution in [0.3, 0.4) is 0 Å². The number of nitrogens with one attached hydrogen (secondary N) is 1. The molecule has 2 aromatic rings. The van der Waals surface area contributed by atoms with E-state index in [1.165, 1.54) is 0 Å². The van der Waals surface area contributed by atoms with E-state index in [-0.39, 0.29) is 21.9 Å². The Morgan fingerprint density at radius 2 is 2.00 bits per heavy atom. The summed E-state index contributed by atoms with van der Waals surface area (Å²) in [6.45, 7) is 5.60. The summed E-state index contributed by atoms with van der Waals surface area (Å²) in [5.41, 5.74) is 2.61. The molecular formula is C14H15Cl2FN4O. The first-order chi connectivity index (χ1) is 10.2. The fraction of sp³-hybridized carbons (Fsp3) is 0.357. The number of halogens is 3. The Kier molecular flexibility index (Phi) is 4.72. The molecule has 0 fully saturated rings. The maximum Gasteiger partial charge on any atom is 0.254 e. The summed E-state index contributed by atoms with van der Waals surface area (Å²) in [6.07, 6.45) is 0. The van der Waals surface area contributed by atoms with Crippen LogP contribution >= 0.6 is 23.2 Å². The van der Waals surface area contributed by atoms with Crippen molar-refractivity contribution in [1.29, 1.82) is 0 Å². The molecule has 0 spiro atoms. The number of aryl methyl sites for hydroxylation is 2. The number of nitrogens with zero attached hydrogens (tertiary/aromatic N) is 3. The zero-order valence-corrected chi connectivity index (χ0v) is 14.1. The van der Waals surface area contributed by atoms with Gasteiger partial charge in [0.05, 0.1) is 17.3 Å². The van der Waals surface area contributed by atoms with Crippen molar-refractivity contribution in [3.63, 3.8) is 0 Å². The summed E-state index contributed by atoms with van der Waals surface area (Å²) in [4.78, 5) is 15.9. The highest BCUT2D eigenvalue weighted by Crippen LogP contribution is 2.23. The fourth-order valence-electron chi connectivity index (χ4n) is 2.37. The van der Waals surface area contributed by atoms with Crippen LogP contribution in [0.4, 0.5) is 4.39 Å². The van der Waals surface area contributed by atoms with Gasteiger partial charge in [-0.3, -0.25) is 9.48 Å². The molecule has 22 heavy (non-hydrogen) atoms. The first-order valence-corrected chi connectivity index (χ1v) is 7.30. The molecule has 1 unspecified atom stereocenters. The van der Waals surface area contributed by atoms with Crippen LogP contribution in [0.1, 0.15) is 40.3 Å². The highest BCUT2D eigenvalue weighted by molar-refractivity contribution is 6.34. The zero-order valence-electron chi connectivity index (χ0n) is 12.5. The Balaban J connectivity index is 2.27. The Bertz CT molecular complexity index is 745. The Hall–Kier alpha value is -1.66. The second kappa shape index (κ2) is 6.22. The van der Waals surface area contributed by atoms with Gasteiger partial charge in [0.25, 0.3) is 5.91 Å². The average Bonchev–Trinajstić information content (AvgIpc) is 2.67. The minimum absolute atomic E-state index is 0.0605. The monoisotopic (exact) mass is 344 g/mol. The van der Waals surface area contributed by atoms with E-state index < -0.39 is 11.7 Å². The number of aromatic nitrogens is 3. The fourth-order valence-corrected chi connectivity index (χ4v) is 2.78. The van der Waals surface area contributed by atoms with E-state index in [1.807, 2.05) is 27.8 Å². The third-order valence-electron chi connectivity index (χ3n) is 3.48. The van der Waals surface area contributed by atoms with E-state index in [0.717, 1.165) is 23.0 Å². The van der Waals surface area contributed by atoms with Gasteiger partial charge in [-0.05, 0) is 26.8 Å². The van der Waals surface area contributed by atoms with Gasteiger partial charge in [-0.15, -0.1) is 0 Å². The van der Waals surface area contributed by atoms with Gasteiger partial charge in [0, 0.05) is 18.3 Å². The first kappa shape index (κ1) is 16.7. The molecule has 5 nitrogen and oxygen atoms in total. The van der Waals surface area contributed by atoms with Crippen LogP contribution in [-0.4, -0.2) is 20.7 Å². The third-order valence-corrected chi connectivity index (χ3v) is 4.03. The van der Waals surface area contributed by atoms with Crippen LogP contribution in [0, 0.1) is 19.7 Å². The molecule has 118 valence electrons. The summed E-state index contributed by atoms with van der Waals surface area (Å²) in [5, 5.41) is 6.56. The second-order valence-electron chi connectivity index (χ2n) is 5.00. The molecule has 2 heterocycles. The first-order valence-electron chi connectivity index (χ1n) is 6.54. The average molecular weight is 345 g/mol. The van der Waals surface area contributed by atoms with Crippen LogP contribution in [0.25, 0.3) is 0 Å². The van der Waals surface area contributed by atoms with Gasteiger partial charge in [-0.2, -0.15) is 5.10 Å². The van der Waals surface area contributed by atoms with Crippen molar-refractivity contribution < 1.29 is 9.18 Å². The van der Waals surface area contributed by atoms with Gasteiger partial charge in [-0.1, -0.05) is 23.2 Å². The molecule has 0 saturated heterocycles. The lowest BCUT2D eigenvalue weighted by Gasteiger charge is -2.15. The Labute approximate surface area is 137 Å². The smallest absolute Gasteiger partial charge is 0.254 e. The Morgan fingerprint density at radius 3 is 2.55 bits per heavy atom. The van der Waals surface area contributed by atoms with Crippen LogP contribution in [0.5, 0.6) is 0 Å². The molecule has 2 aromatic heterocycles. The summed E-state index contributed by atoms with van der Waals surface area (Å²) in [7, 11) is 1.83. The van der Waals surface area contributed by atoms with Gasteiger partial charge in [0.1, 0.15) is 5.15 Å². The number of rotatable bonds is 3. The molecule has 0 aromatic carbocycles. The topological polar surface area (TPSA) is 59.8 Å². The van der Waals surface area contributed by atoms with Gasteiger partial charge in [-0.25, -0.2) is 9.37 Å².